The number of thiazole rings is 1. The number of aromatic nitrogens is 1. The second kappa shape index (κ2) is 6.53. The molecular weight excluding hydrogens is 242 g/mol. The largest absolute Gasteiger partial charge is 0.348 e. The molecule has 0 bridgehead atoms. The fourth-order valence-corrected chi connectivity index (χ4v) is 3.68. The van der Waals surface area contributed by atoms with Crippen molar-refractivity contribution < 1.29 is 0 Å². The maximum Gasteiger partial charge on any atom is 0.185 e. The number of anilines is 1. The summed E-state index contributed by atoms with van der Waals surface area (Å²) in [4.78, 5) is 7.09. The Bertz CT molecular complexity index is 356. The first-order chi connectivity index (χ1) is 8.74. The average molecular weight is 267 g/mol. The molecule has 1 aromatic rings. The maximum atomic E-state index is 4.70. The topological polar surface area (TPSA) is 28.2 Å². The molecule has 4 heteroatoms. The molecule has 0 saturated heterocycles. The van der Waals surface area contributed by atoms with Crippen LogP contribution in [0.1, 0.15) is 44.7 Å². The highest BCUT2D eigenvalue weighted by molar-refractivity contribution is 7.13. The van der Waals surface area contributed by atoms with E-state index < -0.39 is 0 Å². The molecule has 3 nitrogen and oxygen atoms in total. The molecule has 1 fully saturated rings. The molecule has 1 saturated carbocycles. The van der Waals surface area contributed by atoms with E-state index in [1.807, 2.05) is 7.05 Å². The van der Waals surface area contributed by atoms with E-state index >= 15 is 0 Å². The molecule has 0 radical (unpaired) electrons. The van der Waals surface area contributed by atoms with E-state index in [1.165, 1.54) is 37.2 Å². The minimum absolute atomic E-state index is 0.696. The lowest BCUT2D eigenvalue weighted by molar-refractivity contribution is 0.313. The van der Waals surface area contributed by atoms with Crippen molar-refractivity contribution in [3.8, 4) is 0 Å². The summed E-state index contributed by atoms with van der Waals surface area (Å²) in [6.45, 7) is 3.19. The first-order valence-electron chi connectivity index (χ1n) is 7.06. The molecule has 0 aromatic carbocycles. The second-order valence-electron chi connectivity index (χ2n) is 5.35. The summed E-state index contributed by atoms with van der Waals surface area (Å²) < 4.78 is 0. The van der Waals surface area contributed by atoms with Gasteiger partial charge in [0, 0.05) is 25.0 Å². The summed E-state index contributed by atoms with van der Waals surface area (Å²) >= 11 is 1.77. The van der Waals surface area contributed by atoms with Gasteiger partial charge >= 0.3 is 0 Å². The number of nitrogens with zero attached hydrogens (tertiary/aromatic N) is 2. The standard InChI is InChI=1S/C14H25N3S/c1-4-11-5-7-13(8-6-11)17(3)14-16-12(9-15-2)10-18-14/h10-11,13,15H,4-9H2,1-3H3. The zero-order valence-electron chi connectivity index (χ0n) is 11.8. The quantitative estimate of drug-likeness (QED) is 0.887. The van der Waals surface area contributed by atoms with Gasteiger partial charge in [-0.2, -0.15) is 0 Å². The van der Waals surface area contributed by atoms with Gasteiger partial charge in [0.1, 0.15) is 0 Å². The van der Waals surface area contributed by atoms with Crippen LogP contribution < -0.4 is 10.2 Å². The Hall–Kier alpha value is -0.610. The molecule has 1 heterocycles. The van der Waals surface area contributed by atoms with E-state index in [4.69, 9.17) is 4.98 Å². The lowest BCUT2D eigenvalue weighted by Gasteiger charge is -2.34. The highest BCUT2D eigenvalue weighted by Gasteiger charge is 2.24. The fraction of sp³-hybridized carbons (Fsp3) is 0.786. The molecule has 0 atom stereocenters. The summed E-state index contributed by atoms with van der Waals surface area (Å²) in [5, 5.41) is 6.50. The van der Waals surface area contributed by atoms with Gasteiger partial charge in [-0.05, 0) is 38.6 Å². The Balaban J connectivity index is 1.92. The van der Waals surface area contributed by atoms with Crippen LogP contribution in [0, 0.1) is 5.92 Å². The van der Waals surface area contributed by atoms with Gasteiger partial charge in [0.15, 0.2) is 5.13 Å². The molecule has 18 heavy (non-hydrogen) atoms. The summed E-state index contributed by atoms with van der Waals surface area (Å²) in [5.41, 5.74) is 1.16. The number of hydrogen-bond donors (Lipinski definition) is 1. The van der Waals surface area contributed by atoms with Crippen LogP contribution in [0.25, 0.3) is 0 Å². The first-order valence-corrected chi connectivity index (χ1v) is 7.94. The predicted octanol–water partition coefficient (Wildman–Crippen LogP) is 3.27. The summed E-state index contributed by atoms with van der Waals surface area (Å²) in [5.74, 6) is 0.964. The van der Waals surface area contributed by atoms with Gasteiger partial charge in [-0.15, -0.1) is 11.3 Å². The fourth-order valence-electron chi connectivity index (χ4n) is 2.82. The van der Waals surface area contributed by atoms with Crippen molar-refractivity contribution in [2.75, 3.05) is 19.0 Å². The minimum Gasteiger partial charge on any atom is -0.348 e. The molecule has 1 aliphatic rings. The van der Waals surface area contributed by atoms with E-state index in [-0.39, 0.29) is 0 Å². The first kappa shape index (κ1) is 13.8. The minimum atomic E-state index is 0.696. The highest BCUT2D eigenvalue weighted by Crippen LogP contribution is 2.32. The number of nitrogens with one attached hydrogen (secondary N) is 1. The van der Waals surface area contributed by atoms with E-state index in [9.17, 15) is 0 Å². The van der Waals surface area contributed by atoms with Gasteiger partial charge < -0.3 is 10.2 Å². The van der Waals surface area contributed by atoms with Crippen molar-refractivity contribution in [2.45, 2.75) is 51.6 Å². The molecule has 1 N–H and O–H groups in total. The van der Waals surface area contributed by atoms with Crippen molar-refractivity contribution in [3.63, 3.8) is 0 Å². The third-order valence-corrected chi connectivity index (χ3v) is 5.12. The maximum absolute atomic E-state index is 4.70. The van der Waals surface area contributed by atoms with Crippen LogP contribution in [0.4, 0.5) is 5.13 Å². The molecule has 2 rings (SSSR count). The van der Waals surface area contributed by atoms with Crippen molar-refractivity contribution in [3.05, 3.63) is 11.1 Å². The Labute approximate surface area is 115 Å². The van der Waals surface area contributed by atoms with Gasteiger partial charge in [-0.25, -0.2) is 4.98 Å². The van der Waals surface area contributed by atoms with Crippen LogP contribution in [-0.4, -0.2) is 25.1 Å². The normalized spacial score (nSPS) is 24.2. The molecule has 0 aliphatic heterocycles. The van der Waals surface area contributed by atoms with Crippen LogP contribution >= 0.6 is 11.3 Å². The van der Waals surface area contributed by atoms with E-state index in [2.05, 4.69) is 29.6 Å². The van der Waals surface area contributed by atoms with Crippen LogP contribution in [0.2, 0.25) is 0 Å². The summed E-state index contributed by atoms with van der Waals surface area (Å²) in [7, 11) is 4.17. The number of hydrogen-bond acceptors (Lipinski definition) is 4. The lowest BCUT2D eigenvalue weighted by atomic mass is 9.84. The van der Waals surface area contributed by atoms with Crippen molar-refractivity contribution in [1.82, 2.24) is 10.3 Å². The Morgan fingerprint density at radius 2 is 2.11 bits per heavy atom. The highest BCUT2D eigenvalue weighted by atomic mass is 32.1. The van der Waals surface area contributed by atoms with Gasteiger partial charge in [-0.3, -0.25) is 0 Å². The van der Waals surface area contributed by atoms with Crippen molar-refractivity contribution in [2.24, 2.45) is 5.92 Å². The number of rotatable bonds is 5. The van der Waals surface area contributed by atoms with Crippen molar-refractivity contribution in [1.29, 1.82) is 0 Å². The Kier molecular flexibility index (Phi) is 5.01. The third-order valence-electron chi connectivity index (χ3n) is 4.14. The lowest BCUT2D eigenvalue weighted by Crippen LogP contribution is -2.35. The van der Waals surface area contributed by atoms with Crippen LogP contribution in [0.5, 0.6) is 0 Å². The predicted molar refractivity (Wildman–Crippen MR) is 79.3 cm³/mol. The average Bonchev–Trinajstić information content (AvgIpc) is 2.87. The van der Waals surface area contributed by atoms with E-state index in [0.29, 0.717) is 6.04 Å². The molecular formula is C14H25N3S. The van der Waals surface area contributed by atoms with Crippen LogP contribution in [0.3, 0.4) is 0 Å². The molecule has 0 amide bonds. The van der Waals surface area contributed by atoms with E-state index in [0.717, 1.165) is 18.2 Å². The van der Waals surface area contributed by atoms with Gasteiger partial charge in [-0.1, -0.05) is 13.3 Å². The zero-order valence-corrected chi connectivity index (χ0v) is 12.6. The smallest absolute Gasteiger partial charge is 0.185 e. The van der Waals surface area contributed by atoms with Crippen molar-refractivity contribution >= 4 is 16.5 Å². The van der Waals surface area contributed by atoms with E-state index in [1.54, 1.807) is 11.3 Å². The van der Waals surface area contributed by atoms with Crippen LogP contribution in [0.15, 0.2) is 5.38 Å². The third kappa shape index (κ3) is 3.23. The molecule has 0 unspecified atom stereocenters. The second-order valence-corrected chi connectivity index (χ2v) is 6.18. The molecule has 0 spiro atoms. The molecule has 1 aliphatic carbocycles. The Morgan fingerprint density at radius 3 is 2.72 bits per heavy atom. The molecule has 1 aromatic heterocycles. The SMILES string of the molecule is CCC1CCC(N(C)c2nc(CNC)cs2)CC1. The van der Waals surface area contributed by atoms with Gasteiger partial charge in [0.2, 0.25) is 0 Å². The molecule has 102 valence electrons. The zero-order chi connectivity index (χ0) is 13.0. The summed E-state index contributed by atoms with van der Waals surface area (Å²) in [6.07, 6.45) is 6.78. The summed E-state index contributed by atoms with van der Waals surface area (Å²) in [6, 6.07) is 0.696. The van der Waals surface area contributed by atoms with Gasteiger partial charge in [0.25, 0.3) is 0 Å². The van der Waals surface area contributed by atoms with Crippen LogP contribution in [-0.2, 0) is 6.54 Å². The van der Waals surface area contributed by atoms with Gasteiger partial charge in [0.05, 0.1) is 5.69 Å². The Morgan fingerprint density at radius 1 is 1.39 bits per heavy atom. The monoisotopic (exact) mass is 267 g/mol.